The summed E-state index contributed by atoms with van der Waals surface area (Å²) in [5, 5.41) is 0. The van der Waals surface area contributed by atoms with Crippen LogP contribution in [0.2, 0.25) is 0 Å². The molecule has 3 heteroatoms. The van der Waals surface area contributed by atoms with Crippen molar-refractivity contribution in [2.45, 2.75) is 23.3 Å². The first-order chi connectivity index (χ1) is 8.24. The average molecular weight is 260 g/mol. The Balaban J connectivity index is 2.04. The van der Waals surface area contributed by atoms with Gasteiger partial charge in [-0.1, -0.05) is 24.3 Å². The Kier molecular flexibility index (Phi) is 2.81. The summed E-state index contributed by atoms with van der Waals surface area (Å²) in [7, 11) is 0. The summed E-state index contributed by atoms with van der Waals surface area (Å²) in [6.45, 7) is 1.64. The van der Waals surface area contributed by atoms with Gasteiger partial charge in [0, 0.05) is 5.75 Å². The maximum absolute atomic E-state index is 11.4. The summed E-state index contributed by atoms with van der Waals surface area (Å²) in [5.41, 5.74) is 4.13. The normalized spacial score (nSPS) is 13.7. The maximum atomic E-state index is 11.4. The van der Waals surface area contributed by atoms with Gasteiger partial charge in [0.15, 0.2) is 5.78 Å². The van der Waals surface area contributed by atoms with Gasteiger partial charge >= 0.3 is 0 Å². The lowest BCUT2D eigenvalue weighted by Crippen LogP contribution is -1.91. The summed E-state index contributed by atoms with van der Waals surface area (Å²) >= 11 is 3.50. The molecule has 0 radical (unpaired) electrons. The zero-order chi connectivity index (χ0) is 11.8. The Morgan fingerprint density at radius 1 is 1.18 bits per heavy atom. The van der Waals surface area contributed by atoms with Crippen LogP contribution in [0.15, 0.2) is 34.5 Å². The molecule has 1 aliphatic heterocycles. The molecule has 0 bridgehead atoms. The van der Waals surface area contributed by atoms with E-state index in [0.717, 1.165) is 17.1 Å². The molecule has 1 nitrogen and oxygen atoms in total. The van der Waals surface area contributed by atoms with Crippen LogP contribution in [-0.2, 0) is 12.2 Å². The SMILES string of the molecule is CC(=O)c1cc2c(s1)SCc1ccccc1C2. The number of thioether (sulfide) groups is 1. The van der Waals surface area contributed by atoms with Crippen LogP contribution in [0.1, 0.15) is 33.3 Å². The Labute approximate surface area is 109 Å². The predicted octanol–water partition coefficient (Wildman–Crippen LogP) is 4.15. The molecule has 1 aliphatic rings. The molecule has 0 N–H and O–H groups in total. The van der Waals surface area contributed by atoms with E-state index in [9.17, 15) is 4.79 Å². The smallest absolute Gasteiger partial charge is 0.169 e. The van der Waals surface area contributed by atoms with E-state index in [-0.39, 0.29) is 5.78 Å². The lowest BCUT2D eigenvalue weighted by Gasteiger charge is -2.03. The van der Waals surface area contributed by atoms with E-state index < -0.39 is 0 Å². The molecule has 1 aromatic heterocycles. The van der Waals surface area contributed by atoms with E-state index in [2.05, 4.69) is 30.3 Å². The first kappa shape index (κ1) is 11.1. The molecule has 0 saturated heterocycles. The molecule has 0 saturated carbocycles. The molecule has 17 heavy (non-hydrogen) atoms. The van der Waals surface area contributed by atoms with Crippen LogP contribution in [0.4, 0.5) is 0 Å². The standard InChI is InChI=1S/C14H12OS2/c1-9(15)13-7-12-6-10-4-2-3-5-11(10)8-16-14(12)17-13/h2-5,7H,6,8H2,1H3. The highest BCUT2D eigenvalue weighted by Crippen LogP contribution is 2.39. The topological polar surface area (TPSA) is 17.1 Å². The Hall–Kier alpha value is -1.06. The van der Waals surface area contributed by atoms with E-state index in [1.807, 2.05) is 11.8 Å². The molecule has 2 aromatic rings. The Morgan fingerprint density at radius 2 is 1.94 bits per heavy atom. The van der Waals surface area contributed by atoms with Crippen molar-refractivity contribution in [2.24, 2.45) is 0 Å². The third kappa shape index (κ3) is 2.05. The van der Waals surface area contributed by atoms with Crippen LogP contribution >= 0.6 is 23.1 Å². The van der Waals surface area contributed by atoms with Crippen LogP contribution < -0.4 is 0 Å². The van der Waals surface area contributed by atoms with Crippen molar-refractivity contribution in [1.29, 1.82) is 0 Å². The van der Waals surface area contributed by atoms with Crippen LogP contribution in [-0.4, -0.2) is 5.78 Å². The van der Waals surface area contributed by atoms with E-state index in [0.29, 0.717) is 0 Å². The van der Waals surface area contributed by atoms with Crippen molar-refractivity contribution < 1.29 is 4.79 Å². The number of Topliss-reactive ketones (excluding diaryl/α,β-unsaturated/α-hetero) is 1. The van der Waals surface area contributed by atoms with Crippen molar-refractivity contribution in [3.8, 4) is 0 Å². The molecule has 3 rings (SSSR count). The molecule has 86 valence electrons. The van der Waals surface area contributed by atoms with Gasteiger partial charge in [-0.05, 0) is 36.1 Å². The fourth-order valence-electron chi connectivity index (χ4n) is 2.05. The molecule has 0 unspecified atom stereocenters. The van der Waals surface area contributed by atoms with Crippen molar-refractivity contribution in [3.05, 3.63) is 51.9 Å². The van der Waals surface area contributed by atoms with Crippen LogP contribution in [0.5, 0.6) is 0 Å². The number of hydrogen-bond acceptors (Lipinski definition) is 3. The summed E-state index contributed by atoms with van der Waals surface area (Å²) in [6, 6.07) is 10.6. The van der Waals surface area contributed by atoms with Crippen molar-refractivity contribution >= 4 is 28.9 Å². The molecule has 0 fully saturated rings. The number of ketones is 1. The average Bonchev–Trinajstić information content (AvgIpc) is 2.64. The van der Waals surface area contributed by atoms with Gasteiger partial charge in [-0.15, -0.1) is 23.1 Å². The predicted molar refractivity (Wildman–Crippen MR) is 73.1 cm³/mol. The van der Waals surface area contributed by atoms with E-state index >= 15 is 0 Å². The minimum atomic E-state index is 0.178. The molecule has 0 amide bonds. The summed E-state index contributed by atoms with van der Waals surface area (Å²) < 4.78 is 1.31. The zero-order valence-corrected chi connectivity index (χ0v) is 11.2. The highest BCUT2D eigenvalue weighted by molar-refractivity contribution is 8.00. The number of thiophene rings is 1. The number of hydrogen-bond donors (Lipinski definition) is 0. The number of rotatable bonds is 1. The van der Waals surface area contributed by atoms with Gasteiger partial charge in [0.25, 0.3) is 0 Å². The van der Waals surface area contributed by atoms with E-state index in [4.69, 9.17) is 0 Å². The Morgan fingerprint density at radius 3 is 2.71 bits per heavy atom. The molecular formula is C14H12OS2. The van der Waals surface area contributed by atoms with Gasteiger partial charge in [-0.2, -0.15) is 0 Å². The molecule has 0 atom stereocenters. The second kappa shape index (κ2) is 4.31. The number of carbonyl (C=O) groups is 1. The van der Waals surface area contributed by atoms with E-state index in [1.165, 1.54) is 20.9 Å². The molecule has 0 spiro atoms. The minimum Gasteiger partial charge on any atom is -0.294 e. The fraction of sp³-hybridized carbons (Fsp3) is 0.214. The lowest BCUT2D eigenvalue weighted by atomic mass is 10.0. The maximum Gasteiger partial charge on any atom is 0.169 e. The minimum absolute atomic E-state index is 0.178. The van der Waals surface area contributed by atoms with Gasteiger partial charge in [0.1, 0.15) is 0 Å². The van der Waals surface area contributed by atoms with Crippen LogP contribution in [0, 0.1) is 0 Å². The van der Waals surface area contributed by atoms with Gasteiger partial charge < -0.3 is 0 Å². The largest absolute Gasteiger partial charge is 0.294 e. The third-order valence-electron chi connectivity index (χ3n) is 2.98. The summed E-state index contributed by atoms with van der Waals surface area (Å²) in [6.07, 6.45) is 0.961. The Bertz CT molecular complexity index is 584. The quantitative estimate of drug-likeness (QED) is 0.717. The van der Waals surface area contributed by atoms with Crippen LogP contribution in [0.25, 0.3) is 0 Å². The highest BCUT2D eigenvalue weighted by atomic mass is 32.2. The third-order valence-corrected chi connectivity index (χ3v) is 5.63. The van der Waals surface area contributed by atoms with Crippen molar-refractivity contribution in [2.75, 3.05) is 0 Å². The van der Waals surface area contributed by atoms with Crippen molar-refractivity contribution in [1.82, 2.24) is 0 Å². The number of carbonyl (C=O) groups excluding carboxylic acids is 1. The zero-order valence-electron chi connectivity index (χ0n) is 9.53. The summed E-state index contributed by atoms with van der Waals surface area (Å²) in [4.78, 5) is 12.3. The van der Waals surface area contributed by atoms with Gasteiger partial charge in [-0.25, -0.2) is 0 Å². The number of benzene rings is 1. The van der Waals surface area contributed by atoms with Crippen molar-refractivity contribution in [3.63, 3.8) is 0 Å². The first-order valence-electron chi connectivity index (χ1n) is 5.57. The monoisotopic (exact) mass is 260 g/mol. The molecular weight excluding hydrogens is 248 g/mol. The van der Waals surface area contributed by atoms with Gasteiger partial charge in [0.2, 0.25) is 0 Å². The molecule has 1 aromatic carbocycles. The highest BCUT2D eigenvalue weighted by Gasteiger charge is 2.17. The lowest BCUT2D eigenvalue weighted by molar-refractivity contribution is 0.102. The van der Waals surface area contributed by atoms with E-state index in [1.54, 1.807) is 18.3 Å². The second-order valence-corrected chi connectivity index (χ2v) is 6.51. The first-order valence-corrected chi connectivity index (χ1v) is 7.37. The molecule has 0 aliphatic carbocycles. The molecule has 2 heterocycles. The second-order valence-electron chi connectivity index (χ2n) is 4.21. The number of fused-ring (bicyclic) bond motifs is 2. The van der Waals surface area contributed by atoms with Gasteiger partial charge in [-0.3, -0.25) is 4.79 Å². The summed E-state index contributed by atoms with van der Waals surface area (Å²) in [5.74, 6) is 1.19. The van der Waals surface area contributed by atoms with Gasteiger partial charge in [0.05, 0.1) is 9.09 Å². The van der Waals surface area contributed by atoms with Crippen LogP contribution in [0.3, 0.4) is 0 Å². The fourth-order valence-corrected chi connectivity index (χ4v) is 4.42.